The Morgan fingerprint density at radius 2 is 1.83 bits per heavy atom. The van der Waals surface area contributed by atoms with Crippen molar-refractivity contribution in [1.82, 2.24) is 14.6 Å². The van der Waals surface area contributed by atoms with E-state index in [4.69, 9.17) is 4.74 Å². The minimum atomic E-state index is -0.532. The molecule has 1 aromatic carbocycles. The van der Waals surface area contributed by atoms with E-state index in [0.717, 1.165) is 17.6 Å². The van der Waals surface area contributed by atoms with Crippen LogP contribution >= 0.6 is 0 Å². The van der Waals surface area contributed by atoms with Crippen LogP contribution in [0.2, 0.25) is 0 Å². The monoisotopic (exact) mass is 327 g/mol. The average molecular weight is 327 g/mol. The van der Waals surface area contributed by atoms with Gasteiger partial charge in [-0.05, 0) is 50.2 Å². The molecule has 0 saturated heterocycles. The largest absolute Gasteiger partial charge is 0.491 e. The van der Waals surface area contributed by atoms with Crippen LogP contribution in [-0.4, -0.2) is 20.7 Å². The first-order chi connectivity index (χ1) is 11.6. The molecule has 0 saturated carbocycles. The van der Waals surface area contributed by atoms with E-state index in [1.807, 2.05) is 50.2 Å². The van der Waals surface area contributed by atoms with E-state index in [9.17, 15) is 4.39 Å². The highest BCUT2D eigenvalue weighted by Gasteiger charge is 2.07. The van der Waals surface area contributed by atoms with Crippen LogP contribution < -0.4 is 15.5 Å². The van der Waals surface area contributed by atoms with Gasteiger partial charge in [0.05, 0.1) is 12.3 Å². The number of nitrogens with zero attached hydrogens (tertiary/aromatic N) is 3. The number of aromatic nitrogens is 3. The van der Waals surface area contributed by atoms with Gasteiger partial charge in [-0.25, -0.2) is 9.37 Å². The fourth-order valence-electron chi connectivity index (χ4n) is 2.06. The zero-order valence-electron chi connectivity index (χ0n) is 13.4. The van der Waals surface area contributed by atoms with Crippen molar-refractivity contribution in [3.8, 4) is 5.75 Å². The van der Waals surface area contributed by atoms with E-state index in [1.165, 1.54) is 0 Å². The van der Waals surface area contributed by atoms with Gasteiger partial charge in [0.15, 0.2) is 11.6 Å². The first kappa shape index (κ1) is 15.8. The van der Waals surface area contributed by atoms with Gasteiger partial charge in [-0.3, -0.25) is 10.1 Å². The minimum absolute atomic E-state index is 0.0865. The molecule has 0 amide bonds. The number of benzene rings is 1. The molecule has 0 fully saturated rings. The standard InChI is InChI=1S/C17H18FN5O/c1-12(2)24-14-7-5-13(6-8-14)20-17-19-11-15(18)16(21-17)22-23-9-3-4-10-23/h3-12H,1-2H3,(H2,19,20,21,22). The van der Waals surface area contributed by atoms with Crippen molar-refractivity contribution in [3.63, 3.8) is 0 Å². The zero-order chi connectivity index (χ0) is 16.9. The third-order valence-electron chi connectivity index (χ3n) is 3.07. The Kier molecular flexibility index (Phi) is 4.60. The van der Waals surface area contributed by atoms with Crippen LogP contribution in [0.15, 0.2) is 55.0 Å². The van der Waals surface area contributed by atoms with Gasteiger partial charge < -0.3 is 10.1 Å². The van der Waals surface area contributed by atoms with E-state index in [0.29, 0.717) is 5.95 Å². The summed E-state index contributed by atoms with van der Waals surface area (Å²) in [6.07, 6.45) is 4.74. The maximum absolute atomic E-state index is 13.8. The summed E-state index contributed by atoms with van der Waals surface area (Å²) in [4.78, 5) is 8.11. The van der Waals surface area contributed by atoms with E-state index in [-0.39, 0.29) is 11.9 Å². The topological polar surface area (TPSA) is 64.0 Å². The second kappa shape index (κ2) is 6.99. The molecule has 0 radical (unpaired) electrons. The minimum Gasteiger partial charge on any atom is -0.491 e. The molecule has 0 aliphatic carbocycles. The molecular weight excluding hydrogens is 309 g/mol. The average Bonchev–Trinajstić information content (AvgIpc) is 3.05. The number of hydrogen-bond acceptors (Lipinski definition) is 5. The summed E-state index contributed by atoms with van der Waals surface area (Å²) in [6, 6.07) is 11.1. The molecule has 0 atom stereocenters. The molecule has 24 heavy (non-hydrogen) atoms. The highest BCUT2D eigenvalue weighted by molar-refractivity contribution is 5.56. The fourth-order valence-corrected chi connectivity index (χ4v) is 2.06. The molecule has 0 bridgehead atoms. The number of halogens is 1. The summed E-state index contributed by atoms with van der Waals surface area (Å²) in [5.41, 5.74) is 3.62. The third-order valence-corrected chi connectivity index (χ3v) is 3.07. The Hall–Kier alpha value is -3.09. The normalized spacial score (nSPS) is 10.7. The molecule has 0 aliphatic heterocycles. The van der Waals surface area contributed by atoms with E-state index in [2.05, 4.69) is 20.7 Å². The number of rotatable bonds is 6. The van der Waals surface area contributed by atoms with Crippen LogP contribution in [0.5, 0.6) is 5.75 Å². The number of ether oxygens (including phenoxy) is 1. The highest BCUT2D eigenvalue weighted by atomic mass is 19.1. The lowest BCUT2D eigenvalue weighted by molar-refractivity contribution is 0.242. The van der Waals surface area contributed by atoms with Gasteiger partial charge >= 0.3 is 0 Å². The summed E-state index contributed by atoms with van der Waals surface area (Å²) in [7, 11) is 0. The van der Waals surface area contributed by atoms with E-state index in [1.54, 1.807) is 17.1 Å². The van der Waals surface area contributed by atoms with Crippen LogP contribution in [0.1, 0.15) is 13.8 Å². The van der Waals surface area contributed by atoms with Crippen molar-refractivity contribution in [2.45, 2.75) is 20.0 Å². The lowest BCUT2D eigenvalue weighted by Gasteiger charge is -2.12. The molecule has 124 valence electrons. The van der Waals surface area contributed by atoms with Gasteiger partial charge in [0.1, 0.15) is 5.75 Å². The molecular formula is C17H18FN5O. The number of nitrogens with one attached hydrogen (secondary N) is 2. The Morgan fingerprint density at radius 1 is 1.12 bits per heavy atom. The summed E-state index contributed by atoms with van der Waals surface area (Å²) in [6.45, 7) is 3.94. The van der Waals surface area contributed by atoms with Gasteiger partial charge in [0, 0.05) is 18.1 Å². The Morgan fingerprint density at radius 3 is 2.50 bits per heavy atom. The second-order valence-electron chi connectivity index (χ2n) is 5.41. The first-order valence-corrected chi connectivity index (χ1v) is 7.56. The summed E-state index contributed by atoms with van der Waals surface area (Å²) in [5, 5.41) is 3.04. The molecule has 7 heteroatoms. The smallest absolute Gasteiger partial charge is 0.229 e. The SMILES string of the molecule is CC(C)Oc1ccc(Nc2ncc(F)c(Nn3cccc3)n2)cc1. The predicted molar refractivity (Wildman–Crippen MR) is 90.9 cm³/mol. The van der Waals surface area contributed by atoms with Crippen LogP contribution in [0.3, 0.4) is 0 Å². The van der Waals surface area contributed by atoms with Crippen LogP contribution in [0, 0.1) is 5.82 Å². The first-order valence-electron chi connectivity index (χ1n) is 7.56. The lowest BCUT2D eigenvalue weighted by Crippen LogP contribution is -2.11. The Bertz CT molecular complexity index is 787. The van der Waals surface area contributed by atoms with Gasteiger partial charge in [-0.2, -0.15) is 4.98 Å². The molecule has 2 aromatic heterocycles. The lowest BCUT2D eigenvalue weighted by atomic mass is 10.3. The number of hydrogen-bond donors (Lipinski definition) is 2. The Labute approximate surface area is 139 Å². The zero-order valence-corrected chi connectivity index (χ0v) is 13.4. The van der Waals surface area contributed by atoms with Crippen molar-refractivity contribution < 1.29 is 9.13 Å². The van der Waals surface area contributed by atoms with Gasteiger partial charge in [0.25, 0.3) is 0 Å². The molecule has 6 nitrogen and oxygen atoms in total. The van der Waals surface area contributed by atoms with Crippen LogP contribution in [-0.2, 0) is 0 Å². The fraction of sp³-hybridized carbons (Fsp3) is 0.176. The van der Waals surface area contributed by atoms with E-state index < -0.39 is 5.82 Å². The number of anilines is 3. The summed E-state index contributed by atoms with van der Waals surface area (Å²) in [5.74, 6) is 0.632. The van der Waals surface area contributed by atoms with Gasteiger partial charge in [0.2, 0.25) is 5.95 Å². The molecule has 0 aliphatic rings. The maximum atomic E-state index is 13.8. The van der Waals surface area contributed by atoms with E-state index >= 15 is 0 Å². The maximum Gasteiger partial charge on any atom is 0.229 e. The molecule has 0 spiro atoms. The molecule has 2 heterocycles. The quantitative estimate of drug-likeness (QED) is 0.720. The molecule has 3 aromatic rings. The third kappa shape index (κ3) is 4.01. The highest BCUT2D eigenvalue weighted by Crippen LogP contribution is 2.20. The van der Waals surface area contributed by atoms with Crippen molar-refractivity contribution in [2.75, 3.05) is 10.7 Å². The molecule has 3 rings (SSSR count). The van der Waals surface area contributed by atoms with Crippen molar-refractivity contribution >= 4 is 17.5 Å². The van der Waals surface area contributed by atoms with Crippen molar-refractivity contribution in [3.05, 3.63) is 60.8 Å². The van der Waals surface area contributed by atoms with Crippen molar-refractivity contribution in [1.29, 1.82) is 0 Å². The van der Waals surface area contributed by atoms with Gasteiger partial charge in [-0.15, -0.1) is 0 Å². The van der Waals surface area contributed by atoms with Gasteiger partial charge in [-0.1, -0.05) is 0 Å². The second-order valence-corrected chi connectivity index (χ2v) is 5.41. The predicted octanol–water partition coefficient (Wildman–Crippen LogP) is 3.82. The molecule has 0 unspecified atom stereocenters. The van der Waals surface area contributed by atoms with Crippen molar-refractivity contribution in [2.24, 2.45) is 0 Å². The van der Waals surface area contributed by atoms with Crippen LogP contribution in [0.25, 0.3) is 0 Å². The van der Waals surface area contributed by atoms with Crippen LogP contribution in [0.4, 0.5) is 21.8 Å². The summed E-state index contributed by atoms with van der Waals surface area (Å²) < 4.78 is 21.0. The molecule has 2 N–H and O–H groups in total. The Balaban J connectivity index is 1.73. The summed E-state index contributed by atoms with van der Waals surface area (Å²) >= 11 is 0.